The van der Waals surface area contributed by atoms with Crippen LogP contribution in [0.2, 0.25) is 0 Å². The first-order valence-electron chi connectivity index (χ1n) is 16.6. The summed E-state index contributed by atoms with van der Waals surface area (Å²) in [5.74, 6) is -4.19. The van der Waals surface area contributed by atoms with Crippen LogP contribution in [0.25, 0.3) is 32.1 Å². The van der Waals surface area contributed by atoms with Crippen LogP contribution in [0.5, 0.6) is 11.8 Å². The zero-order chi connectivity index (χ0) is 37.6. The predicted molar refractivity (Wildman–Crippen MR) is 183 cm³/mol. The number of nitriles is 1. The summed E-state index contributed by atoms with van der Waals surface area (Å²) in [7, 11) is 0. The normalized spacial score (nSPS) is 20.7. The van der Waals surface area contributed by atoms with Crippen LogP contribution >= 0.6 is 11.3 Å². The number of nitrogen functional groups attached to an aromatic ring is 2. The predicted octanol–water partition coefficient (Wildman–Crippen LogP) is 7.29. The minimum Gasteiger partial charge on any atom is -0.490 e. The van der Waals surface area contributed by atoms with Crippen molar-refractivity contribution in [3.05, 3.63) is 58.5 Å². The van der Waals surface area contributed by atoms with Gasteiger partial charge in [-0.1, -0.05) is 6.07 Å². The fraction of sp³-hybridized carbons (Fsp3) is 0.371. The maximum absolute atomic E-state index is 17.4. The molecule has 0 aliphatic carbocycles. The van der Waals surface area contributed by atoms with E-state index in [1.165, 1.54) is 4.90 Å². The number of thiophene rings is 1. The van der Waals surface area contributed by atoms with Gasteiger partial charge in [-0.3, -0.25) is 4.90 Å². The van der Waals surface area contributed by atoms with Gasteiger partial charge in [0.05, 0.1) is 40.0 Å². The topological polar surface area (TPSA) is 139 Å². The van der Waals surface area contributed by atoms with Gasteiger partial charge in [0.1, 0.15) is 70.6 Å². The molecule has 8 rings (SSSR count). The lowest BCUT2D eigenvalue weighted by Gasteiger charge is -2.32. The molecule has 3 aliphatic heterocycles. The molecule has 4 N–H and O–H groups in total. The molecule has 276 valence electrons. The Bertz CT molecular complexity index is 2370. The lowest BCUT2D eigenvalue weighted by atomic mass is 9.91. The molecule has 10 nitrogen and oxygen atoms in total. The van der Waals surface area contributed by atoms with Crippen LogP contribution in [-0.2, 0) is 6.18 Å². The monoisotopic (exact) mass is 758 g/mol. The molecule has 0 amide bonds. The molecular weight excluding hydrogens is 729 g/mol. The number of hydrogen-bond acceptors (Lipinski definition) is 11. The van der Waals surface area contributed by atoms with Gasteiger partial charge in [0.2, 0.25) is 0 Å². The third-order valence-electron chi connectivity index (χ3n) is 10.4. The Morgan fingerprint density at radius 1 is 1.17 bits per heavy atom. The van der Waals surface area contributed by atoms with Crippen molar-refractivity contribution in [3.8, 4) is 29.0 Å². The minimum absolute atomic E-state index is 0.0605. The molecule has 6 heterocycles. The van der Waals surface area contributed by atoms with Gasteiger partial charge in [-0.15, -0.1) is 11.3 Å². The second-order valence-corrected chi connectivity index (χ2v) is 14.5. The van der Waals surface area contributed by atoms with Crippen molar-refractivity contribution in [1.29, 1.82) is 5.26 Å². The molecule has 3 atom stereocenters. The van der Waals surface area contributed by atoms with Crippen molar-refractivity contribution < 1.29 is 40.2 Å². The van der Waals surface area contributed by atoms with Crippen molar-refractivity contribution >= 4 is 49.0 Å². The van der Waals surface area contributed by atoms with Gasteiger partial charge in [0, 0.05) is 29.5 Å². The highest BCUT2D eigenvalue weighted by Crippen LogP contribution is 2.54. The van der Waals surface area contributed by atoms with E-state index in [1.807, 2.05) is 4.90 Å². The summed E-state index contributed by atoms with van der Waals surface area (Å²) in [6.07, 6.45) is -3.89. The van der Waals surface area contributed by atoms with E-state index >= 15 is 22.0 Å². The second-order valence-electron chi connectivity index (χ2n) is 13.4. The average molecular weight is 759 g/mol. The first kappa shape index (κ1) is 34.9. The summed E-state index contributed by atoms with van der Waals surface area (Å²) in [6.45, 7) is 1.82. The van der Waals surface area contributed by atoms with Crippen LogP contribution in [0, 0.1) is 28.8 Å². The van der Waals surface area contributed by atoms with Gasteiger partial charge in [-0.2, -0.15) is 28.4 Å². The highest BCUT2D eigenvalue weighted by molar-refractivity contribution is 7.23. The molecular formula is C35H29F7N8O2S. The Labute approximate surface area is 300 Å². The number of nitrogens with two attached hydrogens (primary N) is 2. The van der Waals surface area contributed by atoms with Gasteiger partial charge in [0.25, 0.3) is 0 Å². The quantitative estimate of drug-likeness (QED) is 0.170. The van der Waals surface area contributed by atoms with Crippen LogP contribution in [-0.4, -0.2) is 64.4 Å². The van der Waals surface area contributed by atoms with Gasteiger partial charge < -0.3 is 25.8 Å². The van der Waals surface area contributed by atoms with Crippen molar-refractivity contribution in [2.24, 2.45) is 0 Å². The molecule has 2 fully saturated rings. The van der Waals surface area contributed by atoms with Crippen LogP contribution in [0.3, 0.4) is 0 Å². The maximum atomic E-state index is 17.4. The van der Waals surface area contributed by atoms with Crippen LogP contribution in [0.4, 0.5) is 47.4 Å². The summed E-state index contributed by atoms with van der Waals surface area (Å²) in [5, 5.41) is 8.96. The third-order valence-corrected chi connectivity index (χ3v) is 11.4. The highest BCUT2D eigenvalue weighted by atomic mass is 32.1. The summed E-state index contributed by atoms with van der Waals surface area (Å²) in [4.78, 5) is 16.2. The van der Waals surface area contributed by atoms with E-state index in [-0.39, 0.29) is 64.0 Å². The van der Waals surface area contributed by atoms with Crippen LogP contribution in [0.15, 0.2) is 24.4 Å². The van der Waals surface area contributed by atoms with Crippen molar-refractivity contribution in [3.63, 3.8) is 0 Å². The number of halogens is 7. The standard InChI is InChI=1S/C35H29F7N8O2S/c1-15(19-9-16(36)12-46-30(19)44)50-7-8-51-28-24-27(47-33(48-32(24)50)52-14-34-5-2-6-49(34)13-17(37)10-34)26(39)23(25(28)35(40,41)42)18-3-4-21(38)29-22(18)20(11-43)31(45)53-29/h3-4,9,12,15,17H,2,5-8,10,13-14,45H2,1H3,(H2,44,46)/t15-,17-,34+/m1/s1. The lowest BCUT2D eigenvalue weighted by Crippen LogP contribution is -2.43. The van der Waals surface area contributed by atoms with E-state index in [1.54, 1.807) is 13.0 Å². The van der Waals surface area contributed by atoms with Crippen molar-refractivity contribution in [2.75, 3.05) is 49.2 Å². The van der Waals surface area contributed by atoms with Gasteiger partial charge in [-0.25, -0.2) is 22.5 Å². The second kappa shape index (κ2) is 12.5. The van der Waals surface area contributed by atoms with Crippen LogP contribution in [0.1, 0.15) is 48.9 Å². The van der Waals surface area contributed by atoms with Gasteiger partial charge >= 0.3 is 12.2 Å². The van der Waals surface area contributed by atoms with E-state index in [0.717, 1.165) is 30.8 Å². The molecule has 53 heavy (non-hydrogen) atoms. The number of alkyl halides is 4. The number of pyridine rings is 1. The SMILES string of the molecule is C[C@H](c1cc(F)cnc1N)N1CCOc2c(C(F)(F)F)c(-c3ccc(F)c4sc(N)c(C#N)c34)c(F)c3nc(OC[C@@]45CCCN4C[C@H](F)C5)nc1c23. The maximum Gasteiger partial charge on any atom is 0.420 e. The number of hydrogen-bond donors (Lipinski definition) is 2. The molecule has 5 aromatic rings. The number of aromatic nitrogens is 3. The van der Waals surface area contributed by atoms with Crippen molar-refractivity contribution in [2.45, 2.75) is 50.1 Å². The fourth-order valence-electron chi connectivity index (χ4n) is 8.06. The molecule has 0 bridgehead atoms. The summed E-state index contributed by atoms with van der Waals surface area (Å²) < 4.78 is 119. The van der Waals surface area contributed by atoms with E-state index in [2.05, 4.69) is 15.0 Å². The van der Waals surface area contributed by atoms with Crippen molar-refractivity contribution in [1.82, 2.24) is 19.9 Å². The highest BCUT2D eigenvalue weighted by Gasteiger charge is 2.50. The molecule has 3 aliphatic rings. The van der Waals surface area contributed by atoms with E-state index < -0.39 is 87.3 Å². The summed E-state index contributed by atoms with van der Waals surface area (Å²) in [6, 6.07) is 3.43. The number of benzene rings is 2. The Hall–Kier alpha value is -5.15. The smallest absolute Gasteiger partial charge is 0.420 e. The molecule has 2 saturated heterocycles. The van der Waals surface area contributed by atoms with Crippen LogP contribution < -0.4 is 25.8 Å². The van der Waals surface area contributed by atoms with E-state index in [9.17, 15) is 14.0 Å². The third kappa shape index (κ3) is 5.50. The molecule has 0 saturated carbocycles. The zero-order valence-corrected chi connectivity index (χ0v) is 28.6. The molecule has 3 aromatic heterocycles. The van der Waals surface area contributed by atoms with E-state index in [0.29, 0.717) is 24.3 Å². The molecule has 2 aromatic carbocycles. The minimum atomic E-state index is -5.28. The number of rotatable bonds is 6. The van der Waals surface area contributed by atoms with E-state index in [4.69, 9.17) is 20.9 Å². The first-order valence-corrected chi connectivity index (χ1v) is 17.4. The largest absolute Gasteiger partial charge is 0.490 e. The Morgan fingerprint density at radius 2 is 1.96 bits per heavy atom. The zero-order valence-electron chi connectivity index (χ0n) is 27.8. The number of fused-ring (bicyclic) bond motifs is 2. The fourth-order valence-corrected chi connectivity index (χ4v) is 9.01. The summed E-state index contributed by atoms with van der Waals surface area (Å²) in [5.41, 5.74) is 7.55. The van der Waals surface area contributed by atoms with Gasteiger partial charge in [-0.05, 0) is 44.0 Å². The number of anilines is 3. The number of nitrogens with zero attached hydrogens (tertiary/aromatic N) is 6. The average Bonchev–Trinajstić information content (AvgIpc) is 3.71. The molecule has 0 unspecified atom stereocenters. The Kier molecular flexibility index (Phi) is 8.22. The lowest BCUT2D eigenvalue weighted by molar-refractivity contribution is -0.138. The first-order chi connectivity index (χ1) is 25.2. The molecule has 0 radical (unpaired) electrons. The molecule has 0 spiro atoms. The summed E-state index contributed by atoms with van der Waals surface area (Å²) >= 11 is 0.641. The molecule has 18 heteroatoms. The number of ether oxygens (including phenoxy) is 2. The van der Waals surface area contributed by atoms with Gasteiger partial charge in [0.15, 0.2) is 5.82 Å². The Morgan fingerprint density at radius 3 is 2.72 bits per heavy atom. The Balaban J connectivity index is 1.42.